The second kappa shape index (κ2) is 10.1. The van der Waals surface area contributed by atoms with Crippen LogP contribution in [0.1, 0.15) is 39.0 Å². The third kappa shape index (κ3) is 5.94. The van der Waals surface area contributed by atoms with Gasteiger partial charge in [-0.15, -0.1) is 12.4 Å². The van der Waals surface area contributed by atoms with Gasteiger partial charge in [0, 0.05) is 32.2 Å². The van der Waals surface area contributed by atoms with Crippen molar-refractivity contribution in [1.82, 2.24) is 15.1 Å². The number of nitrogens with zero attached hydrogens (tertiary/aromatic N) is 2. The van der Waals surface area contributed by atoms with Gasteiger partial charge in [-0.05, 0) is 45.6 Å². The van der Waals surface area contributed by atoms with E-state index in [2.05, 4.69) is 17.1 Å². The molecule has 0 aromatic carbocycles. The summed E-state index contributed by atoms with van der Waals surface area (Å²) in [5, 5.41) is 2.86. The lowest BCUT2D eigenvalue weighted by atomic mass is 9.97. The summed E-state index contributed by atoms with van der Waals surface area (Å²) in [5.74, 6) is 0.288. The SMILES string of the molecule is CC1CCCCN1C(=O)CN1CCCC(C(=O)NCCN)C1.Cl. The average Bonchev–Trinajstić information content (AvgIpc) is 2.53. The molecule has 0 aromatic rings. The summed E-state index contributed by atoms with van der Waals surface area (Å²) >= 11 is 0. The monoisotopic (exact) mass is 346 g/mol. The molecule has 2 amide bonds. The molecule has 0 aliphatic carbocycles. The Morgan fingerprint density at radius 2 is 1.96 bits per heavy atom. The maximum atomic E-state index is 12.5. The Hall–Kier alpha value is -0.850. The number of halogens is 1. The number of carbonyl (C=O) groups excluding carboxylic acids is 2. The predicted molar refractivity (Wildman–Crippen MR) is 93.5 cm³/mol. The largest absolute Gasteiger partial charge is 0.355 e. The van der Waals surface area contributed by atoms with Crippen LogP contribution < -0.4 is 11.1 Å². The molecule has 7 heteroatoms. The van der Waals surface area contributed by atoms with E-state index in [1.807, 2.05) is 4.90 Å². The van der Waals surface area contributed by atoms with E-state index in [1.165, 1.54) is 6.42 Å². The first-order valence-electron chi connectivity index (χ1n) is 8.61. The highest BCUT2D eigenvalue weighted by Crippen LogP contribution is 2.19. The summed E-state index contributed by atoms with van der Waals surface area (Å²) in [7, 11) is 0. The number of piperidine rings is 2. The zero-order valence-corrected chi connectivity index (χ0v) is 14.9. The zero-order chi connectivity index (χ0) is 15.9. The van der Waals surface area contributed by atoms with E-state index in [-0.39, 0.29) is 30.1 Å². The van der Waals surface area contributed by atoms with E-state index >= 15 is 0 Å². The van der Waals surface area contributed by atoms with Gasteiger partial charge in [-0.25, -0.2) is 0 Å². The van der Waals surface area contributed by atoms with Crippen molar-refractivity contribution in [3.8, 4) is 0 Å². The molecule has 2 heterocycles. The lowest BCUT2D eigenvalue weighted by Crippen LogP contribution is -2.50. The maximum Gasteiger partial charge on any atom is 0.236 e. The fourth-order valence-corrected chi connectivity index (χ4v) is 3.50. The molecule has 0 bridgehead atoms. The van der Waals surface area contributed by atoms with E-state index in [1.54, 1.807) is 0 Å². The summed E-state index contributed by atoms with van der Waals surface area (Å²) in [6.07, 6.45) is 5.32. The van der Waals surface area contributed by atoms with Crippen LogP contribution in [-0.4, -0.2) is 66.9 Å². The normalized spacial score (nSPS) is 25.6. The van der Waals surface area contributed by atoms with Gasteiger partial charge in [-0.2, -0.15) is 0 Å². The van der Waals surface area contributed by atoms with Crippen LogP contribution in [0.3, 0.4) is 0 Å². The van der Waals surface area contributed by atoms with E-state index in [9.17, 15) is 9.59 Å². The molecule has 2 rings (SSSR count). The Morgan fingerprint density at radius 1 is 1.17 bits per heavy atom. The summed E-state index contributed by atoms with van der Waals surface area (Å²) in [6, 6.07) is 0.356. The summed E-state index contributed by atoms with van der Waals surface area (Å²) in [5.41, 5.74) is 5.42. The molecule has 0 aromatic heterocycles. The molecule has 2 saturated heterocycles. The van der Waals surface area contributed by atoms with Gasteiger partial charge in [-0.3, -0.25) is 14.5 Å². The van der Waals surface area contributed by atoms with Crippen molar-refractivity contribution in [2.24, 2.45) is 11.7 Å². The van der Waals surface area contributed by atoms with Gasteiger partial charge >= 0.3 is 0 Å². The molecule has 134 valence electrons. The Bertz CT molecular complexity index is 394. The van der Waals surface area contributed by atoms with Gasteiger partial charge in [0.05, 0.1) is 12.5 Å². The van der Waals surface area contributed by atoms with E-state index < -0.39 is 0 Å². The van der Waals surface area contributed by atoms with Gasteiger partial charge < -0.3 is 16.0 Å². The molecule has 0 spiro atoms. The standard InChI is InChI=1S/C16H30N4O2.ClH/c1-13-5-2-3-10-20(13)15(21)12-19-9-4-6-14(11-19)16(22)18-8-7-17;/h13-14H,2-12,17H2,1H3,(H,18,22);1H. The van der Waals surface area contributed by atoms with Crippen molar-refractivity contribution >= 4 is 24.2 Å². The van der Waals surface area contributed by atoms with Crippen molar-refractivity contribution < 1.29 is 9.59 Å². The van der Waals surface area contributed by atoms with E-state index in [4.69, 9.17) is 5.73 Å². The molecule has 0 radical (unpaired) electrons. The molecule has 2 unspecified atom stereocenters. The molecule has 0 saturated carbocycles. The Kier molecular flexibility index (Phi) is 8.87. The molecule has 2 fully saturated rings. The number of carbonyl (C=O) groups is 2. The lowest BCUT2D eigenvalue weighted by molar-refractivity contribution is -0.137. The summed E-state index contributed by atoms with van der Waals surface area (Å²) in [4.78, 5) is 28.7. The van der Waals surface area contributed by atoms with Crippen LogP contribution in [0.5, 0.6) is 0 Å². The number of hydrogen-bond donors (Lipinski definition) is 2. The fraction of sp³-hybridized carbons (Fsp3) is 0.875. The van der Waals surface area contributed by atoms with Gasteiger partial charge in [0.15, 0.2) is 0 Å². The van der Waals surface area contributed by atoms with Crippen molar-refractivity contribution in [3.63, 3.8) is 0 Å². The summed E-state index contributed by atoms with van der Waals surface area (Å²) < 4.78 is 0. The number of likely N-dealkylation sites (tertiary alicyclic amines) is 2. The molecular formula is C16H31ClN4O2. The highest BCUT2D eigenvalue weighted by molar-refractivity contribution is 5.85. The second-order valence-corrected chi connectivity index (χ2v) is 6.59. The highest BCUT2D eigenvalue weighted by Gasteiger charge is 2.29. The van der Waals surface area contributed by atoms with Gasteiger partial charge in [0.2, 0.25) is 11.8 Å². The van der Waals surface area contributed by atoms with Gasteiger partial charge in [-0.1, -0.05) is 0 Å². The third-order valence-corrected chi connectivity index (χ3v) is 4.80. The fourth-order valence-electron chi connectivity index (χ4n) is 3.50. The second-order valence-electron chi connectivity index (χ2n) is 6.59. The predicted octanol–water partition coefficient (Wildman–Crippen LogP) is 0.596. The Balaban J connectivity index is 0.00000264. The van der Waals surface area contributed by atoms with Crippen LogP contribution in [0.2, 0.25) is 0 Å². The van der Waals surface area contributed by atoms with Crippen LogP contribution in [0.4, 0.5) is 0 Å². The number of hydrogen-bond acceptors (Lipinski definition) is 4. The number of rotatable bonds is 5. The first-order chi connectivity index (χ1) is 10.6. The van der Waals surface area contributed by atoms with Gasteiger partial charge in [0.25, 0.3) is 0 Å². The minimum atomic E-state index is -0.00752. The Labute approximate surface area is 145 Å². The third-order valence-electron chi connectivity index (χ3n) is 4.80. The van der Waals surface area contributed by atoms with Crippen LogP contribution in [0, 0.1) is 5.92 Å². The zero-order valence-electron chi connectivity index (χ0n) is 14.1. The molecule has 2 aliphatic heterocycles. The molecule has 2 atom stereocenters. The van der Waals surface area contributed by atoms with Crippen molar-refractivity contribution in [2.75, 3.05) is 39.3 Å². The molecule has 23 heavy (non-hydrogen) atoms. The number of nitrogens with one attached hydrogen (secondary N) is 1. The number of amides is 2. The quantitative estimate of drug-likeness (QED) is 0.764. The number of nitrogens with two attached hydrogens (primary N) is 1. The molecular weight excluding hydrogens is 316 g/mol. The van der Waals surface area contributed by atoms with Crippen LogP contribution in [0.25, 0.3) is 0 Å². The highest BCUT2D eigenvalue weighted by atomic mass is 35.5. The summed E-state index contributed by atoms with van der Waals surface area (Å²) in [6.45, 7) is 6.06. The first-order valence-corrected chi connectivity index (χ1v) is 8.61. The van der Waals surface area contributed by atoms with Crippen molar-refractivity contribution in [2.45, 2.75) is 45.1 Å². The van der Waals surface area contributed by atoms with Crippen LogP contribution in [-0.2, 0) is 9.59 Å². The van der Waals surface area contributed by atoms with Crippen LogP contribution >= 0.6 is 12.4 Å². The lowest BCUT2D eigenvalue weighted by Gasteiger charge is -2.37. The minimum absolute atomic E-state index is 0. The average molecular weight is 347 g/mol. The van der Waals surface area contributed by atoms with Crippen LogP contribution in [0.15, 0.2) is 0 Å². The Morgan fingerprint density at radius 3 is 2.65 bits per heavy atom. The van der Waals surface area contributed by atoms with E-state index in [0.717, 1.165) is 38.8 Å². The van der Waals surface area contributed by atoms with Crippen molar-refractivity contribution in [1.29, 1.82) is 0 Å². The topological polar surface area (TPSA) is 78.7 Å². The molecule has 2 aliphatic rings. The smallest absolute Gasteiger partial charge is 0.236 e. The molecule has 3 N–H and O–H groups in total. The van der Waals surface area contributed by atoms with Gasteiger partial charge in [0.1, 0.15) is 0 Å². The minimum Gasteiger partial charge on any atom is -0.355 e. The van der Waals surface area contributed by atoms with Crippen molar-refractivity contribution in [3.05, 3.63) is 0 Å². The molecule has 6 nitrogen and oxygen atoms in total. The maximum absolute atomic E-state index is 12.5. The van der Waals surface area contributed by atoms with E-state index in [0.29, 0.717) is 32.2 Å². The first kappa shape index (κ1) is 20.2.